The Bertz CT molecular complexity index is 1320. The number of rotatable bonds is 34. The van der Waals surface area contributed by atoms with Crippen LogP contribution in [0.1, 0.15) is 142 Å². The van der Waals surface area contributed by atoms with Crippen molar-refractivity contribution in [2.45, 2.75) is 191 Å². The lowest BCUT2D eigenvalue weighted by Crippen LogP contribution is -2.63. The van der Waals surface area contributed by atoms with Gasteiger partial charge in [0.05, 0.1) is 26.3 Å². The second kappa shape index (κ2) is 32.7. The summed E-state index contributed by atoms with van der Waals surface area (Å²) in [6, 6.07) is -3.57. The van der Waals surface area contributed by atoms with Crippen LogP contribution in [0.2, 0.25) is 0 Å². The molecule has 1 aliphatic heterocycles. The number of primary amides is 1. The van der Waals surface area contributed by atoms with Gasteiger partial charge in [-0.2, -0.15) is 0 Å². The van der Waals surface area contributed by atoms with Crippen molar-refractivity contribution in [3.8, 4) is 0 Å². The molecule has 0 aromatic heterocycles. The molecular weight excluding hydrogens is 798 g/mol. The summed E-state index contributed by atoms with van der Waals surface area (Å²) in [6.45, 7) is 1.69. The van der Waals surface area contributed by atoms with Gasteiger partial charge in [-0.05, 0) is 12.8 Å². The predicted octanol–water partition coefficient (Wildman–Crippen LogP) is -1.09. The van der Waals surface area contributed by atoms with Gasteiger partial charge in [-0.3, -0.25) is 33.6 Å². The van der Waals surface area contributed by atoms with Gasteiger partial charge in [0.1, 0.15) is 42.5 Å². The van der Waals surface area contributed by atoms with Crippen LogP contribution < -0.4 is 37.6 Å². The number of ether oxygens (including phenoxy) is 1. The van der Waals surface area contributed by atoms with Crippen LogP contribution in [0, 0.1) is 0 Å². The average Bonchev–Trinajstić information content (AvgIpc) is 3.24. The van der Waals surface area contributed by atoms with E-state index < -0.39 is 129 Å². The first-order chi connectivity index (χ1) is 29.2. The summed E-state index contributed by atoms with van der Waals surface area (Å²) in [4.78, 5) is 89.0. The number of aliphatic hydroxyl groups is 5. The molecule has 7 amide bonds. The summed E-state index contributed by atoms with van der Waals surface area (Å²) in [5.74, 6) is -5.25. The third kappa shape index (κ3) is 23.7. The van der Waals surface area contributed by atoms with E-state index in [1.807, 2.05) is 0 Å². The van der Waals surface area contributed by atoms with Gasteiger partial charge in [0.2, 0.25) is 41.4 Å². The number of carbonyl (C=O) groups excluding carboxylic acids is 7. The maximum absolute atomic E-state index is 13.7. The van der Waals surface area contributed by atoms with E-state index in [2.05, 4.69) is 45.7 Å². The average molecular weight is 874 g/mol. The van der Waals surface area contributed by atoms with Crippen LogP contribution >= 0.6 is 0 Å². The van der Waals surface area contributed by atoms with Crippen molar-refractivity contribution >= 4 is 41.4 Å². The molecule has 0 saturated carbocycles. The standard InChI is InChI=1S/C41H75N7O13/c1-3-5-7-9-11-13-15-17-19-27(38(58)43-23-31(42)51)47-40(60)28(20-18-16-14-12-10-8-6-4-2)45-34(54)24-44-39(59)29(25-49)46-32(52)21-22-33(53)48-41-37(57)36(56)35(55)30(26-50)61-41/h27-30,35-37,41,49-50,55-57H,3-26H2,1-2H3,(H2,42,51)(H,43,58)(H,44,59)(H,45,54)(H,46,52)(H,47,60)(H,48,53)/t27?,28?,29?,30-,35-,36+,37+,41-/m1/s1. The Morgan fingerprint density at radius 3 is 1.51 bits per heavy atom. The number of nitrogens with two attached hydrogens (primary N) is 1. The molecule has 1 rings (SSSR count). The van der Waals surface area contributed by atoms with Crippen LogP contribution in [0.4, 0.5) is 0 Å². The van der Waals surface area contributed by atoms with E-state index in [1.165, 1.54) is 19.3 Å². The Morgan fingerprint density at radius 2 is 1.00 bits per heavy atom. The van der Waals surface area contributed by atoms with Gasteiger partial charge in [-0.25, -0.2) is 0 Å². The van der Waals surface area contributed by atoms with Crippen molar-refractivity contribution in [2.24, 2.45) is 5.73 Å². The Labute approximate surface area is 359 Å². The molecule has 0 aromatic rings. The molecule has 20 nitrogen and oxygen atoms in total. The molecule has 0 aromatic carbocycles. The molecule has 1 heterocycles. The van der Waals surface area contributed by atoms with Crippen LogP contribution in [-0.4, -0.2) is 142 Å². The van der Waals surface area contributed by atoms with Crippen molar-refractivity contribution in [2.75, 3.05) is 26.3 Å². The van der Waals surface area contributed by atoms with Crippen molar-refractivity contribution in [1.82, 2.24) is 31.9 Å². The van der Waals surface area contributed by atoms with E-state index in [1.54, 1.807) is 0 Å². The van der Waals surface area contributed by atoms with Crippen LogP contribution in [0.15, 0.2) is 0 Å². The molecule has 20 heteroatoms. The SMILES string of the molecule is CCCCCCCCCCC(NC(=O)CNC(=O)C(CO)NC(=O)CCC(=O)N[C@@H]1O[C@H](CO)[C@@H](O)[C@H](O)[C@@H]1O)C(=O)NC(CCCCCCCCCC)C(=O)NCC(N)=O. The van der Waals surface area contributed by atoms with E-state index in [0.717, 1.165) is 70.6 Å². The van der Waals surface area contributed by atoms with E-state index in [9.17, 15) is 59.1 Å². The topological polar surface area (TPSA) is 328 Å². The minimum atomic E-state index is -1.73. The van der Waals surface area contributed by atoms with E-state index in [0.29, 0.717) is 19.3 Å². The molecule has 0 spiro atoms. The molecule has 0 radical (unpaired) electrons. The smallest absolute Gasteiger partial charge is 0.245 e. The minimum Gasteiger partial charge on any atom is -0.394 e. The number of hydrogen-bond donors (Lipinski definition) is 12. The van der Waals surface area contributed by atoms with Gasteiger partial charge in [0, 0.05) is 12.8 Å². The Morgan fingerprint density at radius 1 is 0.541 bits per heavy atom. The van der Waals surface area contributed by atoms with Crippen LogP contribution in [0.25, 0.3) is 0 Å². The maximum Gasteiger partial charge on any atom is 0.245 e. The van der Waals surface area contributed by atoms with Crippen molar-refractivity contribution in [3.63, 3.8) is 0 Å². The molecule has 3 unspecified atom stereocenters. The molecule has 61 heavy (non-hydrogen) atoms. The van der Waals surface area contributed by atoms with Crippen molar-refractivity contribution in [1.29, 1.82) is 0 Å². The summed E-state index contributed by atoms with van der Waals surface area (Å²) in [5, 5.41) is 63.7. The van der Waals surface area contributed by atoms with Crippen molar-refractivity contribution in [3.05, 3.63) is 0 Å². The molecule has 0 aliphatic carbocycles. The monoisotopic (exact) mass is 874 g/mol. The quantitative estimate of drug-likeness (QED) is 0.0343. The summed E-state index contributed by atoms with van der Waals surface area (Å²) in [5.41, 5.74) is 5.22. The Balaban J connectivity index is 2.83. The maximum atomic E-state index is 13.7. The molecule has 0 bridgehead atoms. The van der Waals surface area contributed by atoms with E-state index in [-0.39, 0.29) is 6.42 Å². The molecular formula is C41H75N7O13. The van der Waals surface area contributed by atoms with Gasteiger partial charge in [0.25, 0.3) is 0 Å². The number of amides is 7. The molecule has 352 valence electrons. The number of hydrogen-bond acceptors (Lipinski definition) is 13. The Kier molecular flexibility index (Phi) is 29.5. The summed E-state index contributed by atoms with van der Waals surface area (Å²) >= 11 is 0. The molecule has 1 fully saturated rings. The van der Waals surface area contributed by atoms with Crippen LogP contribution in [0.3, 0.4) is 0 Å². The third-order valence-electron chi connectivity index (χ3n) is 10.4. The second-order valence-electron chi connectivity index (χ2n) is 15.7. The van der Waals surface area contributed by atoms with Gasteiger partial charge >= 0.3 is 0 Å². The highest BCUT2D eigenvalue weighted by molar-refractivity contribution is 5.95. The predicted molar refractivity (Wildman–Crippen MR) is 224 cm³/mol. The zero-order valence-electron chi connectivity index (χ0n) is 36.2. The van der Waals surface area contributed by atoms with E-state index >= 15 is 0 Å². The molecule has 1 aliphatic rings. The van der Waals surface area contributed by atoms with Gasteiger partial charge in [-0.15, -0.1) is 0 Å². The lowest BCUT2D eigenvalue weighted by Gasteiger charge is -2.40. The summed E-state index contributed by atoms with van der Waals surface area (Å²) < 4.78 is 5.21. The Hall–Kier alpha value is -3.95. The third-order valence-corrected chi connectivity index (χ3v) is 10.4. The zero-order chi connectivity index (χ0) is 45.6. The largest absolute Gasteiger partial charge is 0.394 e. The first-order valence-electron chi connectivity index (χ1n) is 22.1. The summed E-state index contributed by atoms with van der Waals surface area (Å²) in [7, 11) is 0. The van der Waals surface area contributed by atoms with Gasteiger partial charge in [0.15, 0.2) is 6.23 Å². The molecule has 13 N–H and O–H groups in total. The normalized spacial score (nSPS) is 20.1. The number of unbranched alkanes of at least 4 members (excludes halogenated alkanes) is 14. The second-order valence-corrected chi connectivity index (χ2v) is 15.7. The highest BCUT2D eigenvalue weighted by Crippen LogP contribution is 2.20. The first kappa shape index (κ1) is 55.1. The lowest BCUT2D eigenvalue weighted by molar-refractivity contribution is -0.236. The highest BCUT2D eigenvalue weighted by atomic mass is 16.6. The number of carbonyl (C=O) groups is 7. The van der Waals surface area contributed by atoms with Gasteiger partial charge in [-0.1, -0.05) is 117 Å². The van der Waals surface area contributed by atoms with Crippen LogP contribution in [0.5, 0.6) is 0 Å². The zero-order valence-corrected chi connectivity index (χ0v) is 36.2. The number of aliphatic hydroxyl groups excluding tert-OH is 5. The van der Waals surface area contributed by atoms with Crippen molar-refractivity contribution < 1.29 is 63.8 Å². The molecule has 8 atom stereocenters. The minimum absolute atomic E-state index is 0.243. The van der Waals surface area contributed by atoms with Crippen LogP contribution in [-0.2, 0) is 38.3 Å². The summed E-state index contributed by atoms with van der Waals surface area (Å²) in [6.07, 6.45) is 7.83. The molecule has 1 saturated heterocycles. The fourth-order valence-electron chi connectivity index (χ4n) is 6.75. The fourth-order valence-corrected chi connectivity index (χ4v) is 6.75. The highest BCUT2D eigenvalue weighted by Gasteiger charge is 2.44. The number of nitrogens with one attached hydrogen (secondary N) is 6. The first-order valence-corrected chi connectivity index (χ1v) is 22.1. The fraction of sp³-hybridized carbons (Fsp3) is 0.829. The van der Waals surface area contributed by atoms with E-state index in [4.69, 9.17) is 10.5 Å². The van der Waals surface area contributed by atoms with Gasteiger partial charge < -0.3 is 67.9 Å². The lowest BCUT2D eigenvalue weighted by atomic mass is 9.98.